The highest BCUT2D eigenvalue weighted by molar-refractivity contribution is 7.17. The summed E-state index contributed by atoms with van der Waals surface area (Å²) in [5, 5.41) is 15.5. The van der Waals surface area contributed by atoms with Crippen molar-refractivity contribution in [2.45, 2.75) is 19.4 Å². The molecular weight excluding hydrogens is 412 g/mol. The second kappa shape index (κ2) is 8.24. The third-order valence-electron chi connectivity index (χ3n) is 4.78. The summed E-state index contributed by atoms with van der Waals surface area (Å²) in [4.78, 5) is 27.1. The van der Waals surface area contributed by atoms with E-state index in [2.05, 4.69) is 20.6 Å². The Labute approximate surface area is 175 Å². The first-order valence-corrected chi connectivity index (χ1v) is 9.97. The van der Waals surface area contributed by atoms with Gasteiger partial charge in [0.25, 0.3) is 5.91 Å². The summed E-state index contributed by atoms with van der Waals surface area (Å²) in [6.07, 6.45) is 2.56. The van der Waals surface area contributed by atoms with Gasteiger partial charge in [-0.1, -0.05) is 11.3 Å². The summed E-state index contributed by atoms with van der Waals surface area (Å²) in [7, 11) is 3.01. The quantitative estimate of drug-likeness (QED) is 0.591. The molecule has 158 valence electrons. The van der Waals surface area contributed by atoms with Crippen molar-refractivity contribution in [1.29, 1.82) is 0 Å². The molecule has 0 spiro atoms. The van der Waals surface area contributed by atoms with Crippen LogP contribution in [0.5, 0.6) is 5.75 Å². The van der Waals surface area contributed by atoms with Gasteiger partial charge in [-0.2, -0.15) is 5.10 Å². The molecule has 4 heterocycles. The number of nitrogens with zero attached hydrogens (tertiary/aromatic N) is 5. The summed E-state index contributed by atoms with van der Waals surface area (Å²) >= 11 is 1.15. The molecule has 11 nitrogen and oxygen atoms in total. The van der Waals surface area contributed by atoms with E-state index in [9.17, 15) is 9.59 Å². The van der Waals surface area contributed by atoms with Gasteiger partial charge in [0.2, 0.25) is 16.0 Å². The molecule has 1 saturated heterocycles. The standard InChI is InChI=1S/C18H20N6O5S/c1-10-4-6-19-24(10)18-22-21-17(30-18)20-15(25)13-8-12(14(28-3)16(26)29-13)23-7-5-11(23)9-27-2/h4,6,8,11H,5,7,9H2,1-3H3,(H,20,21,25)/t11-/m0/s1. The predicted molar refractivity (Wildman–Crippen MR) is 109 cm³/mol. The number of ether oxygens (including phenoxy) is 2. The summed E-state index contributed by atoms with van der Waals surface area (Å²) < 4.78 is 17.2. The van der Waals surface area contributed by atoms with Crippen molar-refractivity contribution in [1.82, 2.24) is 20.0 Å². The molecule has 0 aliphatic carbocycles. The van der Waals surface area contributed by atoms with E-state index >= 15 is 0 Å². The normalized spacial score (nSPS) is 15.7. The monoisotopic (exact) mass is 432 g/mol. The summed E-state index contributed by atoms with van der Waals surface area (Å²) in [5.74, 6) is -0.703. The highest BCUT2D eigenvalue weighted by atomic mass is 32.1. The fourth-order valence-electron chi connectivity index (χ4n) is 3.19. The highest BCUT2D eigenvalue weighted by Gasteiger charge is 2.32. The van der Waals surface area contributed by atoms with Crippen LogP contribution in [0.2, 0.25) is 0 Å². The van der Waals surface area contributed by atoms with Crippen LogP contribution in [0.1, 0.15) is 22.7 Å². The molecule has 0 aromatic carbocycles. The first-order valence-electron chi connectivity index (χ1n) is 9.15. The second-order valence-corrected chi connectivity index (χ2v) is 7.59. The number of carbonyl (C=O) groups excluding carboxylic acids is 1. The van der Waals surface area contributed by atoms with Crippen LogP contribution in [0, 0.1) is 6.92 Å². The molecule has 12 heteroatoms. The Morgan fingerprint density at radius 2 is 2.23 bits per heavy atom. The molecule has 0 bridgehead atoms. The number of hydrogen-bond acceptors (Lipinski definition) is 10. The number of nitrogens with one attached hydrogen (secondary N) is 1. The van der Waals surface area contributed by atoms with Gasteiger partial charge in [0.05, 0.1) is 25.4 Å². The minimum absolute atomic E-state index is 0.0553. The average Bonchev–Trinajstić information content (AvgIpc) is 3.33. The van der Waals surface area contributed by atoms with Crippen LogP contribution in [0.3, 0.4) is 0 Å². The van der Waals surface area contributed by atoms with Crippen LogP contribution < -0.4 is 20.6 Å². The zero-order valence-corrected chi connectivity index (χ0v) is 17.4. The lowest BCUT2D eigenvalue weighted by atomic mass is 10.0. The molecule has 1 amide bonds. The van der Waals surface area contributed by atoms with Crippen LogP contribution in [-0.2, 0) is 4.74 Å². The molecule has 1 aliphatic heterocycles. The van der Waals surface area contributed by atoms with E-state index < -0.39 is 11.5 Å². The summed E-state index contributed by atoms with van der Waals surface area (Å²) in [6, 6.07) is 3.43. The van der Waals surface area contributed by atoms with Crippen LogP contribution in [0.25, 0.3) is 5.13 Å². The number of amides is 1. The number of rotatable bonds is 7. The maximum Gasteiger partial charge on any atom is 0.381 e. The Morgan fingerprint density at radius 3 is 2.87 bits per heavy atom. The van der Waals surface area contributed by atoms with Gasteiger partial charge in [0, 0.05) is 31.6 Å². The van der Waals surface area contributed by atoms with Gasteiger partial charge in [-0.15, -0.1) is 10.2 Å². The van der Waals surface area contributed by atoms with Crippen molar-refractivity contribution in [3.8, 4) is 10.9 Å². The number of anilines is 2. The number of aromatic nitrogens is 4. The Morgan fingerprint density at radius 1 is 1.40 bits per heavy atom. The minimum Gasteiger partial charge on any atom is -0.488 e. The minimum atomic E-state index is -0.728. The topological polar surface area (TPSA) is 125 Å². The van der Waals surface area contributed by atoms with Crippen molar-refractivity contribution in [2.24, 2.45) is 0 Å². The molecule has 0 unspecified atom stereocenters. The lowest BCUT2D eigenvalue weighted by Crippen LogP contribution is -2.50. The third-order valence-corrected chi connectivity index (χ3v) is 5.59. The maximum atomic E-state index is 12.7. The summed E-state index contributed by atoms with van der Waals surface area (Å²) in [5.41, 5.74) is 0.653. The molecular formula is C18H20N6O5S. The van der Waals surface area contributed by atoms with E-state index in [0.29, 0.717) is 17.4 Å². The molecule has 1 aliphatic rings. The molecule has 4 rings (SSSR count). The van der Waals surface area contributed by atoms with Crippen LogP contribution in [0.15, 0.2) is 27.5 Å². The van der Waals surface area contributed by atoms with Gasteiger partial charge in [-0.05, 0) is 19.4 Å². The molecule has 1 fully saturated rings. The second-order valence-electron chi connectivity index (χ2n) is 6.64. The van der Waals surface area contributed by atoms with E-state index in [1.54, 1.807) is 18.0 Å². The number of hydrogen-bond donors (Lipinski definition) is 1. The zero-order chi connectivity index (χ0) is 21.3. The average molecular weight is 432 g/mol. The number of methoxy groups -OCH3 is 2. The largest absolute Gasteiger partial charge is 0.488 e. The predicted octanol–water partition coefficient (Wildman–Crippen LogP) is 1.47. The molecule has 0 saturated carbocycles. The van der Waals surface area contributed by atoms with Gasteiger partial charge < -0.3 is 18.8 Å². The molecule has 30 heavy (non-hydrogen) atoms. The van der Waals surface area contributed by atoms with E-state index in [1.807, 2.05) is 17.9 Å². The first kappa shape index (κ1) is 20.0. The fourth-order valence-corrected chi connectivity index (χ4v) is 3.94. The fraction of sp³-hybridized carbons (Fsp3) is 0.389. The van der Waals surface area contributed by atoms with E-state index in [-0.39, 0.29) is 22.7 Å². The SMILES string of the molecule is COC[C@@H]1CCN1c1cc(C(=O)Nc2nnc(-n3nccc3C)s2)oc(=O)c1OC. The summed E-state index contributed by atoms with van der Waals surface area (Å²) in [6.45, 7) is 3.11. The molecule has 1 N–H and O–H groups in total. The molecule has 3 aromatic heterocycles. The molecule has 0 radical (unpaired) electrons. The Hall–Kier alpha value is -3.25. The first-order chi connectivity index (χ1) is 14.5. The third kappa shape index (κ3) is 3.66. The smallest absolute Gasteiger partial charge is 0.381 e. The van der Waals surface area contributed by atoms with Crippen LogP contribution in [-0.4, -0.2) is 59.3 Å². The molecule has 1 atom stereocenters. The Bertz CT molecular complexity index is 1120. The Kier molecular flexibility index (Phi) is 5.50. The number of carbonyl (C=O) groups is 1. The van der Waals surface area contributed by atoms with Crippen molar-refractivity contribution in [3.63, 3.8) is 0 Å². The van der Waals surface area contributed by atoms with Gasteiger partial charge >= 0.3 is 5.63 Å². The van der Waals surface area contributed by atoms with Crippen molar-refractivity contribution in [3.05, 3.63) is 40.2 Å². The van der Waals surface area contributed by atoms with Gasteiger partial charge in [-0.3, -0.25) is 10.1 Å². The lowest BCUT2D eigenvalue weighted by Gasteiger charge is -2.42. The van der Waals surface area contributed by atoms with Crippen molar-refractivity contribution in [2.75, 3.05) is 37.6 Å². The highest BCUT2D eigenvalue weighted by Crippen LogP contribution is 2.33. The van der Waals surface area contributed by atoms with Gasteiger partial charge in [-0.25, -0.2) is 9.48 Å². The lowest BCUT2D eigenvalue weighted by molar-refractivity contribution is 0.0991. The van der Waals surface area contributed by atoms with Gasteiger partial charge in [0.15, 0.2) is 5.76 Å². The van der Waals surface area contributed by atoms with Crippen molar-refractivity contribution >= 4 is 28.1 Å². The zero-order valence-electron chi connectivity index (χ0n) is 16.6. The van der Waals surface area contributed by atoms with Crippen LogP contribution >= 0.6 is 11.3 Å². The maximum absolute atomic E-state index is 12.7. The van der Waals surface area contributed by atoms with E-state index in [4.69, 9.17) is 13.9 Å². The van der Waals surface area contributed by atoms with Crippen molar-refractivity contribution < 1.29 is 18.7 Å². The van der Waals surface area contributed by atoms with E-state index in [0.717, 1.165) is 30.0 Å². The number of aryl methyl sites for hydroxylation is 1. The Balaban J connectivity index is 1.58. The van der Waals surface area contributed by atoms with Gasteiger partial charge in [0.1, 0.15) is 0 Å². The molecule has 3 aromatic rings. The van der Waals surface area contributed by atoms with E-state index in [1.165, 1.54) is 13.2 Å². The van der Waals surface area contributed by atoms with Crippen LogP contribution in [0.4, 0.5) is 10.8 Å².